The minimum Gasteiger partial charge on any atom is -0.365 e. The molecule has 1 aliphatic heterocycles. The van der Waals surface area contributed by atoms with Crippen LogP contribution in [0, 0.1) is 22.3 Å². The molecule has 1 saturated heterocycles. The number of hydrogen-bond acceptors (Lipinski definition) is 5. The molecule has 3 aliphatic rings. The summed E-state index contributed by atoms with van der Waals surface area (Å²) in [5.74, 6) is -1.19. The molecular weight excluding hydrogens is 333 g/mol. The van der Waals surface area contributed by atoms with E-state index in [0.29, 0.717) is 23.5 Å². The summed E-state index contributed by atoms with van der Waals surface area (Å²) in [6, 6.07) is -0.828. The first-order valence-corrected chi connectivity index (χ1v) is 8.86. The van der Waals surface area contributed by atoms with Crippen LogP contribution in [0.2, 0.25) is 0 Å². The van der Waals surface area contributed by atoms with Gasteiger partial charge in [-0.15, -0.1) is 0 Å². The van der Waals surface area contributed by atoms with Crippen LogP contribution in [0.5, 0.6) is 0 Å². The van der Waals surface area contributed by atoms with Crippen molar-refractivity contribution in [3.63, 3.8) is 0 Å². The molecule has 0 amide bonds. The van der Waals surface area contributed by atoms with Crippen LogP contribution >= 0.6 is 0 Å². The van der Waals surface area contributed by atoms with Crippen molar-refractivity contribution in [1.29, 1.82) is 10.9 Å². The third-order valence-corrected chi connectivity index (χ3v) is 5.91. The molecule has 0 bridgehead atoms. The molecule has 3 rings (SSSR count). The molecule has 5 N–H and O–H groups in total. The molecule has 25 heavy (non-hydrogen) atoms. The first kappa shape index (κ1) is 18.2. The highest BCUT2D eigenvalue weighted by atomic mass is 19.4. The maximum absolute atomic E-state index is 13.2. The zero-order valence-electron chi connectivity index (χ0n) is 14.1. The summed E-state index contributed by atoms with van der Waals surface area (Å²) in [5.41, 5.74) is 10.7. The topological polar surface area (TPSA) is 96.2 Å². The maximum atomic E-state index is 13.2. The molecule has 0 radical (unpaired) electrons. The van der Waals surface area contributed by atoms with Crippen molar-refractivity contribution >= 4 is 5.71 Å². The summed E-state index contributed by atoms with van der Waals surface area (Å²) in [6.07, 6.45) is 2.34. The second kappa shape index (κ2) is 6.93. The van der Waals surface area contributed by atoms with Crippen molar-refractivity contribution in [2.24, 2.45) is 16.6 Å². The predicted octanol–water partition coefficient (Wildman–Crippen LogP) is 3.24. The molecule has 0 aromatic carbocycles. The van der Waals surface area contributed by atoms with Gasteiger partial charge in [0.1, 0.15) is 5.82 Å². The zero-order valence-corrected chi connectivity index (χ0v) is 14.1. The van der Waals surface area contributed by atoms with Gasteiger partial charge in [-0.05, 0) is 32.1 Å². The lowest BCUT2D eigenvalue weighted by Crippen LogP contribution is -2.46. The van der Waals surface area contributed by atoms with Gasteiger partial charge in [0.25, 0.3) is 0 Å². The summed E-state index contributed by atoms with van der Waals surface area (Å²) in [7, 11) is 0. The third kappa shape index (κ3) is 3.51. The Balaban J connectivity index is 1.85. The Morgan fingerprint density at radius 1 is 1.16 bits per heavy atom. The zero-order chi connectivity index (χ0) is 18.1. The van der Waals surface area contributed by atoms with Gasteiger partial charge in [0.05, 0.1) is 12.0 Å². The Morgan fingerprint density at radius 3 is 2.48 bits per heavy atom. The lowest BCUT2D eigenvalue weighted by Gasteiger charge is -2.37. The average Bonchev–Trinajstić information content (AvgIpc) is 3.19. The lowest BCUT2D eigenvalue weighted by molar-refractivity contribution is -0.173. The van der Waals surface area contributed by atoms with Crippen LogP contribution in [0.4, 0.5) is 13.2 Å². The molecule has 1 spiro atoms. The van der Waals surface area contributed by atoms with Gasteiger partial charge in [-0.3, -0.25) is 0 Å². The third-order valence-electron chi connectivity index (χ3n) is 5.91. The van der Waals surface area contributed by atoms with Gasteiger partial charge in [-0.1, -0.05) is 18.1 Å². The van der Waals surface area contributed by atoms with Crippen LogP contribution in [0.3, 0.4) is 0 Å². The van der Waals surface area contributed by atoms with E-state index in [4.69, 9.17) is 10.9 Å². The minimum absolute atomic E-state index is 0.122. The minimum atomic E-state index is -4.29. The summed E-state index contributed by atoms with van der Waals surface area (Å²) in [5, 5.41) is 17.5. The van der Waals surface area contributed by atoms with Crippen molar-refractivity contribution in [2.45, 2.75) is 57.2 Å². The van der Waals surface area contributed by atoms with Crippen LogP contribution in [0.1, 0.15) is 44.9 Å². The van der Waals surface area contributed by atoms with E-state index < -0.39 is 18.1 Å². The molecular formula is C16H25F3N6. The first-order valence-electron chi connectivity index (χ1n) is 8.86. The SMILES string of the molecule is N=NN/C(N[C@H]1CNC[C@@H]1C(F)(F)F)=C1/CCCC2(CCCC2)C1=N. The van der Waals surface area contributed by atoms with Crippen LogP contribution in [0.15, 0.2) is 16.6 Å². The van der Waals surface area contributed by atoms with Gasteiger partial charge in [-0.25, -0.2) is 5.43 Å². The number of hydrogen-bond donors (Lipinski definition) is 5. The van der Waals surface area contributed by atoms with E-state index in [2.05, 4.69) is 21.3 Å². The van der Waals surface area contributed by atoms with Crippen LogP contribution in [0.25, 0.3) is 0 Å². The van der Waals surface area contributed by atoms with Gasteiger partial charge >= 0.3 is 6.18 Å². The molecule has 2 aliphatic carbocycles. The van der Waals surface area contributed by atoms with Gasteiger partial charge in [-0.2, -0.15) is 18.7 Å². The maximum Gasteiger partial charge on any atom is 0.395 e. The lowest BCUT2D eigenvalue weighted by atomic mass is 9.69. The monoisotopic (exact) mass is 358 g/mol. The van der Waals surface area contributed by atoms with E-state index in [-0.39, 0.29) is 18.5 Å². The Morgan fingerprint density at radius 2 is 1.84 bits per heavy atom. The Bertz CT molecular complexity index is 565. The largest absolute Gasteiger partial charge is 0.395 e. The van der Waals surface area contributed by atoms with E-state index in [9.17, 15) is 13.2 Å². The summed E-state index contributed by atoms with van der Waals surface area (Å²) in [4.78, 5) is 0. The Labute approximate surface area is 145 Å². The fourth-order valence-electron chi connectivity index (χ4n) is 4.58. The molecule has 6 nitrogen and oxygen atoms in total. The average molecular weight is 358 g/mol. The summed E-state index contributed by atoms with van der Waals surface area (Å²) >= 11 is 0. The van der Waals surface area contributed by atoms with Crippen LogP contribution in [-0.2, 0) is 0 Å². The molecule has 3 fully saturated rings. The van der Waals surface area contributed by atoms with Gasteiger partial charge in [0.2, 0.25) is 0 Å². The van der Waals surface area contributed by atoms with E-state index in [1.165, 1.54) is 0 Å². The molecule has 9 heteroatoms. The summed E-state index contributed by atoms with van der Waals surface area (Å²) in [6.45, 7) is 0.0717. The van der Waals surface area contributed by atoms with Crippen molar-refractivity contribution < 1.29 is 13.2 Å². The fraction of sp³-hybridized carbons (Fsp3) is 0.812. The number of alkyl halides is 3. The van der Waals surface area contributed by atoms with Crippen molar-refractivity contribution in [1.82, 2.24) is 16.1 Å². The van der Waals surface area contributed by atoms with Crippen LogP contribution < -0.4 is 16.1 Å². The summed E-state index contributed by atoms with van der Waals surface area (Å²) < 4.78 is 39.6. The number of nitrogens with zero attached hydrogens (tertiary/aromatic N) is 1. The number of rotatable bonds is 4. The normalized spacial score (nSPS) is 31.2. The van der Waals surface area contributed by atoms with Gasteiger partial charge < -0.3 is 16.0 Å². The molecule has 2 saturated carbocycles. The Kier molecular flexibility index (Phi) is 5.04. The second-order valence-corrected chi connectivity index (χ2v) is 7.35. The van der Waals surface area contributed by atoms with Gasteiger partial charge in [0, 0.05) is 29.8 Å². The highest BCUT2D eigenvalue weighted by Crippen LogP contribution is 2.48. The molecule has 1 heterocycles. The van der Waals surface area contributed by atoms with Crippen LogP contribution in [-0.4, -0.2) is 31.0 Å². The van der Waals surface area contributed by atoms with Crippen molar-refractivity contribution in [2.75, 3.05) is 13.1 Å². The quantitative estimate of drug-likeness (QED) is 0.394. The number of nitrogens with one attached hydrogen (secondary N) is 5. The van der Waals surface area contributed by atoms with E-state index >= 15 is 0 Å². The second-order valence-electron chi connectivity index (χ2n) is 7.35. The number of allylic oxidation sites excluding steroid dienone is 1. The molecule has 0 unspecified atom stereocenters. The Hall–Kier alpha value is -1.64. The predicted molar refractivity (Wildman–Crippen MR) is 87.1 cm³/mol. The van der Waals surface area contributed by atoms with Gasteiger partial charge in [0.15, 0.2) is 0 Å². The standard InChI is InChI=1S/C16H25F3N6/c17-16(18,19)11-8-22-9-12(11)23-14(24-25-21)10-4-3-7-15(13(10)20)5-1-2-6-15/h11-12,20,22-23H,1-9H2,(H2,21,24)/b14-10-,20-13?/t11-,12-/m0/s1. The highest BCUT2D eigenvalue weighted by Gasteiger charge is 2.48. The smallest absolute Gasteiger partial charge is 0.365 e. The molecule has 0 aromatic heterocycles. The van der Waals surface area contributed by atoms with E-state index in [1.54, 1.807) is 0 Å². The molecule has 0 aromatic rings. The molecule has 2 atom stereocenters. The highest BCUT2D eigenvalue weighted by molar-refractivity contribution is 6.03. The fourth-order valence-corrected chi connectivity index (χ4v) is 4.58. The number of halogens is 3. The molecule has 140 valence electrons. The van der Waals surface area contributed by atoms with E-state index in [1.807, 2.05) is 0 Å². The van der Waals surface area contributed by atoms with Crippen molar-refractivity contribution in [3.05, 3.63) is 11.4 Å². The van der Waals surface area contributed by atoms with Crippen molar-refractivity contribution in [3.8, 4) is 0 Å². The first-order chi connectivity index (χ1) is 11.9. The van der Waals surface area contributed by atoms with E-state index in [0.717, 1.165) is 38.5 Å².